The molecule has 0 bridgehead atoms. The fraction of sp³-hybridized carbons (Fsp3) is 0.0833. The van der Waals surface area contributed by atoms with Gasteiger partial charge in [0.1, 0.15) is 5.38 Å². The van der Waals surface area contributed by atoms with Crippen molar-refractivity contribution in [1.29, 1.82) is 0 Å². The lowest BCUT2D eigenvalue weighted by atomic mass is 10.1. The summed E-state index contributed by atoms with van der Waals surface area (Å²) < 4.78 is 0. The van der Waals surface area contributed by atoms with Crippen LogP contribution in [0.4, 0.5) is 5.69 Å². The molecular weight excluding hydrogens is 242 g/mol. The number of anilines is 1. The van der Waals surface area contributed by atoms with E-state index < -0.39 is 5.38 Å². The number of hydrogen-bond acceptors (Lipinski definition) is 2. The van der Waals surface area contributed by atoms with Gasteiger partial charge in [0.15, 0.2) is 0 Å². The van der Waals surface area contributed by atoms with Crippen molar-refractivity contribution in [3.8, 4) is 0 Å². The second kappa shape index (κ2) is 5.14. The van der Waals surface area contributed by atoms with Gasteiger partial charge in [-0.05, 0) is 17.0 Å². The Morgan fingerprint density at radius 1 is 1.25 bits per heavy atom. The molecular formula is C12H10ClNOS. The van der Waals surface area contributed by atoms with Crippen molar-refractivity contribution >= 4 is 34.5 Å². The first kappa shape index (κ1) is 11.2. The maximum Gasteiger partial charge on any atom is 0.246 e. The first-order chi connectivity index (χ1) is 7.77. The molecule has 1 aromatic carbocycles. The number of carbonyl (C=O) groups excluding carboxylic acids is 1. The Labute approximate surface area is 103 Å². The van der Waals surface area contributed by atoms with Crippen LogP contribution in [-0.2, 0) is 4.79 Å². The molecule has 0 saturated heterocycles. The van der Waals surface area contributed by atoms with Crippen LogP contribution in [0.2, 0.25) is 0 Å². The lowest BCUT2D eigenvalue weighted by molar-refractivity contribution is -0.116. The van der Waals surface area contributed by atoms with Crippen molar-refractivity contribution in [2.45, 2.75) is 5.38 Å². The molecule has 0 aliphatic heterocycles. The highest BCUT2D eigenvalue weighted by molar-refractivity contribution is 7.08. The minimum Gasteiger partial charge on any atom is -0.324 e. The number of rotatable bonds is 3. The van der Waals surface area contributed by atoms with E-state index in [1.54, 1.807) is 0 Å². The van der Waals surface area contributed by atoms with E-state index in [-0.39, 0.29) is 5.91 Å². The predicted octanol–water partition coefficient (Wildman–Crippen LogP) is 3.67. The standard InChI is InChI=1S/C12H10ClNOS/c13-11(9-4-2-1-3-5-9)12(15)14-10-6-7-16-8-10/h1-8,11H,(H,14,15). The first-order valence-electron chi connectivity index (χ1n) is 4.79. The average molecular weight is 252 g/mol. The summed E-state index contributed by atoms with van der Waals surface area (Å²) in [6.07, 6.45) is 0. The number of thiophene rings is 1. The topological polar surface area (TPSA) is 29.1 Å². The van der Waals surface area contributed by atoms with Crippen LogP contribution in [0.5, 0.6) is 0 Å². The van der Waals surface area contributed by atoms with Crippen LogP contribution >= 0.6 is 22.9 Å². The number of nitrogens with one attached hydrogen (secondary N) is 1. The largest absolute Gasteiger partial charge is 0.324 e. The maximum absolute atomic E-state index is 11.8. The van der Waals surface area contributed by atoms with Gasteiger partial charge in [-0.2, -0.15) is 11.3 Å². The molecule has 2 rings (SSSR count). The molecule has 1 N–H and O–H groups in total. The molecule has 0 saturated carbocycles. The molecule has 82 valence electrons. The molecule has 16 heavy (non-hydrogen) atoms. The van der Waals surface area contributed by atoms with Crippen LogP contribution in [0, 0.1) is 0 Å². The number of hydrogen-bond donors (Lipinski definition) is 1. The molecule has 4 heteroatoms. The summed E-state index contributed by atoms with van der Waals surface area (Å²) in [6.45, 7) is 0. The molecule has 1 unspecified atom stereocenters. The number of amides is 1. The quantitative estimate of drug-likeness (QED) is 0.829. The zero-order valence-corrected chi connectivity index (χ0v) is 9.96. The van der Waals surface area contributed by atoms with Crippen LogP contribution in [-0.4, -0.2) is 5.91 Å². The zero-order valence-electron chi connectivity index (χ0n) is 8.39. The van der Waals surface area contributed by atoms with Gasteiger partial charge in [0.25, 0.3) is 0 Å². The second-order valence-electron chi connectivity index (χ2n) is 3.27. The second-order valence-corrected chi connectivity index (χ2v) is 4.49. The molecule has 1 amide bonds. The molecule has 0 aliphatic carbocycles. The van der Waals surface area contributed by atoms with Gasteiger partial charge in [0.05, 0.1) is 5.69 Å². The number of carbonyl (C=O) groups is 1. The summed E-state index contributed by atoms with van der Waals surface area (Å²) >= 11 is 7.60. The Morgan fingerprint density at radius 2 is 2.00 bits per heavy atom. The van der Waals surface area contributed by atoms with Crippen molar-refractivity contribution in [3.63, 3.8) is 0 Å². The fourth-order valence-corrected chi connectivity index (χ4v) is 2.10. The SMILES string of the molecule is O=C(Nc1ccsc1)C(Cl)c1ccccc1. The van der Waals surface area contributed by atoms with E-state index in [0.29, 0.717) is 0 Å². The van der Waals surface area contributed by atoms with Crippen LogP contribution in [0.1, 0.15) is 10.9 Å². The number of halogens is 1. The van der Waals surface area contributed by atoms with Crippen LogP contribution in [0.3, 0.4) is 0 Å². The summed E-state index contributed by atoms with van der Waals surface area (Å²) in [6, 6.07) is 11.1. The Balaban J connectivity index is 2.05. The highest BCUT2D eigenvalue weighted by Gasteiger charge is 2.17. The Bertz CT molecular complexity index is 455. The van der Waals surface area contributed by atoms with Crippen molar-refractivity contribution in [3.05, 3.63) is 52.7 Å². The zero-order chi connectivity index (χ0) is 11.4. The van der Waals surface area contributed by atoms with Gasteiger partial charge in [-0.3, -0.25) is 4.79 Å². The molecule has 0 spiro atoms. The molecule has 2 nitrogen and oxygen atoms in total. The lowest BCUT2D eigenvalue weighted by Crippen LogP contribution is -2.16. The Hall–Kier alpha value is -1.32. The average Bonchev–Trinajstić information content (AvgIpc) is 2.82. The van der Waals surface area contributed by atoms with Gasteiger partial charge in [-0.25, -0.2) is 0 Å². The lowest BCUT2D eigenvalue weighted by Gasteiger charge is -2.09. The summed E-state index contributed by atoms with van der Waals surface area (Å²) in [5, 5.41) is 5.88. The molecule has 1 aromatic heterocycles. The monoisotopic (exact) mass is 251 g/mol. The molecule has 1 atom stereocenters. The van der Waals surface area contributed by atoms with Gasteiger partial charge >= 0.3 is 0 Å². The van der Waals surface area contributed by atoms with E-state index in [2.05, 4.69) is 5.32 Å². The molecule has 0 aliphatic rings. The van der Waals surface area contributed by atoms with Gasteiger partial charge in [0, 0.05) is 5.38 Å². The van der Waals surface area contributed by atoms with Crippen molar-refractivity contribution in [2.75, 3.05) is 5.32 Å². The van der Waals surface area contributed by atoms with E-state index in [4.69, 9.17) is 11.6 Å². The Morgan fingerprint density at radius 3 is 2.62 bits per heavy atom. The van der Waals surface area contributed by atoms with Crippen LogP contribution in [0.25, 0.3) is 0 Å². The fourth-order valence-electron chi connectivity index (χ4n) is 1.31. The summed E-state index contributed by atoms with van der Waals surface area (Å²) in [4.78, 5) is 11.8. The van der Waals surface area contributed by atoms with E-state index in [9.17, 15) is 4.79 Å². The number of alkyl halides is 1. The van der Waals surface area contributed by atoms with Crippen molar-refractivity contribution in [2.24, 2.45) is 0 Å². The highest BCUT2D eigenvalue weighted by atomic mass is 35.5. The Kier molecular flexibility index (Phi) is 3.59. The smallest absolute Gasteiger partial charge is 0.246 e. The third-order valence-electron chi connectivity index (χ3n) is 2.11. The van der Waals surface area contributed by atoms with Gasteiger partial charge in [0.2, 0.25) is 5.91 Å². The van der Waals surface area contributed by atoms with Crippen molar-refractivity contribution in [1.82, 2.24) is 0 Å². The van der Waals surface area contributed by atoms with E-state index in [0.717, 1.165) is 11.3 Å². The van der Waals surface area contributed by atoms with Crippen LogP contribution in [0.15, 0.2) is 47.2 Å². The summed E-state index contributed by atoms with van der Waals surface area (Å²) in [7, 11) is 0. The van der Waals surface area contributed by atoms with Crippen LogP contribution < -0.4 is 5.32 Å². The molecule has 0 fully saturated rings. The molecule has 0 radical (unpaired) electrons. The summed E-state index contributed by atoms with van der Waals surface area (Å²) in [5.74, 6) is -0.203. The van der Waals surface area contributed by atoms with E-state index in [1.807, 2.05) is 47.2 Å². The minimum absolute atomic E-state index is 0.203. The highest BCUT2D eigenvalue weighted by Crippen LogP contribution is 2.22. The first-order valence-corrected chi connectivity index (χ1v) is 6.17. The summed E-state index contributed by atoms with van der Waals surface area (Å²) in [5.41, 5.74) is 1.59. The van der Waals surface area contributed by atoms with Crippen molar-refractivity contribution < 1.29 is 4.79 Å². The third kappa shape index (κ3) is 2.62. The minimum atomic E-state index is -0.652. The molecule has 2 aromatic rings. The maximum atomic E-state index is 11.8. The number of benzene rings is 1. The van der Waals surface area contributed by atoms with E-state index >= 15 is 0 Å². The van der Waals surface area contributed by atoms with Gasteiger partial charge in [-0.15, -0.1) is 11.6 Å². The van der Waals surface area contributed by atoms with Gasteiger partial charge in [-0.1, -0.05) is 30.3 Å². The third-order valence-corrected chi connectivity index (χ3v) is 3.24. The molecule has 1 heterocycles. The normalized spacial score (nSPS) is 12.1. The van der Waals surface area contributed by atoms with Gasteiger partial charge < -0.3 is 5.32 Å². The predicted molar refractivity (Wildman–Crippen MR) is 68.0 cm³/mol. The van der Waals surface area contributed by atoms with E-state index in [1.165, 1.54) is 11.3 Å².